The van der Waals surface area contributed by atoms with Crippen LogP contribution in [0, 0.1) is 11.3 Å². The van der Waals surface area contributed by atoms with Crippen LogP contribution >= 0.6 is 0 Å². The van der Waals surface area contributed by atoms with Crippen LogP contribution in [0.15, 0.2) is 48.5 Å². The minimum Gasteiger partial charge on any atom is -0.493 e. The molecule has 0 bridgehead atoms. The normalized spacial score (nSPS) is 12.5. The number of nitrogens with one attached hydrogen (secondary N) is 1. The molecule has 5 heteroatoms. The highest BCUT2D eigenvalue weighted by atomic mass is 16.5. The first-order chi connectivity index (χ1) is 12.6. The van der Waals surface area contributed by atoms with E-state index in [4.69, 9.17) is 14.7 Å². The molecule has 0 aliphatic rings. The van der Waals surface area contributed by atoms with E-state index >= 15 is 0 Å². The molecule has 1 N–H and O–H groups in total. The van der Waals surface area contributed by atoms with E-state index in [2.05, 4.69) is 12.2 Å². The SMILES string of the molecule is CCC[C@@H](NC(=O)[C@H](C)Oc1ccc(C#N)cc1OC)c1ccccc1. The Morgan fingerprint density at radius 2 is 1.92 bits per heavy atom. The number of benzene rings is 2. The van der Waals surface area contributed by atoms with Crippen molar-refractivity contribution in [2.24, 2.45) is 0 Å². The monoisotopic (exact) mass is 352 g/mol. The van der Waals surface area contributed by atoms with Gasteiger partial charge in [-0.25, -0.2) is 0 Å². The minimum absolute atomic E-state index is 0.0531. The number of rotatable bonds is 8. The van der Waals surface area contributed by atoms with Crippen molar-refractivity contribution in [2.45, 2.75) is 38.8 Å². The van der Waals surface area contributed by atoms with Gasteiger partial charge < -0.3 is 14.8 Å². The molecule has 0 unspecified atom stereocenters. The quantitative estimate of drug-likeness (QED) is 0.780. The van der Waals surface area contributed by atoms with Gasteiger partial charge in [-0.05, 0) is 31.0 Å². The molecule has 5 nitrogen and oxygen atoms in total. The van der Waals surface area contributed by atoms with Crippen LogP contribution in [0.4, 0.5) is 0 Å². The molecule has 0 aliphatic heterocycles. The smallest absolute Gasteiger partial charge is 0.261 e. The molecule has 2 rings (SSSR count). The van der Waals surface area contributed by atoms with Gasteiger partial charge in [-0.1, -0.05) is 43.7 Å². The number of hydrogen-bond donors (Lipinski definition) is 1. The molecule has 2 atom stereocenters. The lowest BCUT2D eigenvalue weighted by Gasteiger charge is -2.22. The lowest BCUT2D eigenvalue weighted by molar-refractivity contribution is -0.128. The van der Waals surface area contributed by atoms with Gasteiger partial charge in [-0.2, -0.15) is 5.26 Å². The predicted octanol–water partition coefficient (Wildman–Crippen LogP) is 3.99. The number of carbonyl (C=O) groups is 1. The summed E-state index contributed by atoms with van der Waals surface area (Å²) < 4.78 is 11.0. The zero-order chi connectivity index (χ0) is 18.9. The number of carbonyl (C=O) groups excluding carboxylic acids is 1. The standard InChI is InChI=1S/C21H24N2O3/c1-4-8-18(17-9-6-5-7-10-17)23-21(24)15(2)26-19-12-11-16(14-22)13-20(19)25-3/h5-7,9-13,15,18H,4,8H2,1-3H3,(H,23,24)/t15-,18+/m0/s1. The van der Waals surface area contributed by atoms with Crippen molar-refractivity contribution in [3.63, 3.8) is 0 Å². The first-order valence-electron chi connectivity index (χ1n) is 8.69. The molecule has 0 saturated carbocycles. The lowest BCUT2D eigenvalue weighted by atomic mass is 10.0. The fraction of sp³-hybridized carbons (Fsp3) is 0.333. The maximum Gasteiger partial charge on any atom is 0.261 e. The van der Waals surface area contributed by atoms with Gasteiger partial charge in [-0.15, -0.1) is 0 Å². The Hall–Kier alpha value is -3.00. The summed E-state index contributed by atoms with van der Waals surface area (Å²) in [6.07, 6.45) is 1.11. The molecule has 0 aromatic heterocycles. The molecule has 0 fully saturated rings. The highest BCUT2D eigenvalue weighted by Gasteiger charge is 2.21. The van der Waals surface area contributed by atoms with Gasteiger partial charge >= 0.3 is 0 Å². The van der Waals surface area contributed by atoms with E-state index in [1.165, 1.54) is 7.11 Å². The second-order valence-electron chi connectivity index (χ2n) is 6.00. The summed E-state index contributed by atoms with van der Waals surface area (Å²) in [6.45, 7) is 3.78. The molecular formula is C21H24N2O3. The second-order valence-corrected chi connectivity index (χ2v) is 6.00. The fourth-order valence-corrected chi connectivity index (χ4v) is 2.66. The molecule has 0 heterocycles. The van der Waals surface area contributed by atoms with Crippen molar-refractivity contribution in [2.75, 3.05) is 7.11 Å². The molecule has 26 heavy (non-hydrogen) atoms. The molecular weight excluding hydrogens is 328 g/mol. The van der Waals surface area contributed by atoms with Crippen LogP contribution < -0.4 is 14.8 Å². The average molecular weight is 352 g/mol. The number of methoxy groups -OCH3 is 1. The van der Waals surface area contributed by atoms with Crippen LogP contribution in [0.3, 0.4) is 0 Å². The first kappa shape index (κ1) is 19.3. The van der Waals surface area contributed by atoms with Crippen LogP contribution in [0.25, 0.3) is 0 Å². The van der Waals surface area contributed by atoms with Crippen molar-refractivity contribution >= 4 is 5.91 Å². The summed E-state index contributed by atoms with van der Waals surface area (Å²) in [6, 6.07) is 16.8. The lowest BCUT2D eigenvalue weighted by Crippen LogP contribution is -2.38. The number of amides is 1. The summed E-state index contributed by atoms with van der Waals surface area (Å²) >= 11 is 0. The van der Waals surface area contributed by atoms with Gasteiger partial charge in [0.05, 0.1) is 24.8 Å². The van der Waals surface area contributed by atoms with Crippen molar-refractivity contribution in [3.05, 3.63) is 59.7 Å². The highest BCUT2D eigenvalue weighted by Crippen LogP contribution is 2.29. The van der Waals surface area contributed by atoms with E-state index in [-0.39, 0.29) is 11.9 Å². The van der Waals surface area contributed by atoms with Gasteiger partial charge in [0, 0.05) is 6.07 Å². The van der Waals surface area contributed by atoms with Gasteiger partial charge in [0.1, 0.15) is 0 Å². The summed E-state index contributed by atoms with van der Waals surface area (Å²) in [5, 5.41) is 12.0. The van der Waals surface area contributed by atoms with E-state index in [0.717, 1.165) is 18.4 Å². The zero-order valence-corrected chi connectivity index (χ0v) is 15.4. The summed E-state index contributed by atoms with van der Waals surface area (Å²) in [5.74, 6) is 0.663. The Morgan fingerprint density at radius 3 is 2.54 bits per heavy atom. The third-order valence-corrected chi connectivity index (χ3v) is 4.06. The fourth-order valence-electron chi connectivity index (χ4n) is 2.66. The molecule has 1 amide bonds. The van der Waals surface area contributed by atoms with Crippen LogP contribution in [0.2, 0.25) is 0 Å². The third kappa shape index (κ3) is 5.00. The molecule has 0 aliphatic carbocycles. The largest absolute Gasteiger partial charge is 0.493 e. The minimum atomic E-state index is -0.695. The number of nitriles is 1. The van der Waals surface area contributed by atoms with Crippen LogP contribution in [0.1, 0.15) is 43.9 Å². The van der Waals surface area contributed by atoms with Crippen LogP contribution in [-0.4, -0.2) is 19.1 Å². The molecule has 2 aromatic carbocycles. The van der Waals surface area contributed by atoms with Crippen molar-refractivity contribution in [1.29, 1.82) is 5.26 Å². The first-order valence-corrected chi connectivity index (χ1v) is 8.69. The molecule has 0 spiro atoms. The van der Waals surface area contributed by atoms with Crippen molar-refractivity contribution in [3.8, 4) is 17.6 Å². The van der Waals surface area contributed by atoms with Gasteiger partial charge in [0.15, 0.2) is 17.6 Å². The average Bonchev–Trinajstić information content (AvgIpc) is 2.68. The van der Waals surface area contributed by atoms with E-state index in [0.29, 0.717) is 17.1 Å². The number of hydrogen-bond acceptors (Lipinski definition) is 4. The third-order valence-electron chi connectivity index (χ3n) is 4.06. The summed E-state index contributed by atoms with van der Waals surface area (Å²) in [7, 11) is 1.50. The van der Waals surface area contributed by atoms with E-state index in [9.17, 15) is 4.79 Å². The molecule has 136 valence electrons. The van der Waals surface area contributed by atoms with E-state index in [1.807, 2.05) is 36.4 Å². The number of nitrogens with zero attached hydrogens (tertiary/aromatic N) is 1. The van der Waals surface area contributed by atoms with E-state index < -0.39 is 6.10 Å². The summed E-state index contributed by atoms with van der Waals surface area (Å²) in [4.78, 5) is 12.6. The molecule has 2 aromatic rings. The van der Waals surface area contributed by atoms with Gasteiger partial charge in [-0.3, -0.25) is 4.79 Å². The summed E-state index contributed by atoms with van der Waals surface area (Å²) in [5.41, 5.74) is 1.55. The number of ether oxygens (including phenoxy) is 2. The Balaban J connectivity index is 2.08. The van der Waals surface area contributed by atoms with Crippen molar-refractivity contribution < 1.29 is 14.3 Å². The maximum absolute atomic E-state index is 12.6. The molecule has 0 radical (unpaired) electrons. The zero-order valence-electron chi connectivity index (χ0n) is 15.4. The predicted molar refractivity (Wildman–Crippen MR) is 100 cm³/mol. The topological polar surface area (TPSA) is 71.3 Å². The van der Waals surface area contributed by atoms with E-state index in [1.54, 1.807) is 25.1 Å². The Morgan fingerprint density at radius 1 is 1.19 bits per heavy atom. The second kappa shape index (κ2) is 9.47. The Labute approximate surface area is 154 Å². The van der Waals surface area contributed by atoms with Gasteiger partial charge in [0.2, 0.25) is 0 Å². The Kier molecular flexibility index (Phi) is 7.04. The highest BCUT2D eigenvalue weighted by molar-refractivity contribution is 5.81. The van der Waals surface area contributed by atoms with Gasteiger partial charge in [0.25, 0.3) is 5.91 Å². The Bertz CT molecular complexity index is 769. The molecule has 0 saturated heterocycles. The maximum atomic E-state index is 12.6. The van der Waals surface area contributed by atoms with Crippen LogP contribution in [0.5, 0.6) is 11.5 Å². The van der Waals surface area contributed by atoms with Crippen molar-refractivity contribution in [1.82, 2.24) is 5.32 Å². The van der Waals surface area contributed by atoms with Crippen LogP contribution in [-0.2, 0) is 4.79 Å².